The maximum Gasteiger partial charge on any atom is 0.294 e. The normalized spacial score (nSPS) is 16.1. The van der Waals surface area contributed by atoms with Gasteiger partial charge >= 0.3 is 0 Å². The van der Waals surface area contributed by atoms with Crippen LogP contribution in [0, 0.1) is 12.7 Å². The van der Waals surface area contributed by atoms with Crippen LogP contribution in [0.3, 0.4) is 0 Å². The van der Waals surface area contributed by atoms with Gasteiger partial charge in [0, 0.05) is 24.1 Å². The number of benzene rings is 1. The van der Waals surface area contributed by atoms with Gasteiger partial charge in [-0.3, -0.25) is 20.2 Å². The second-order valence-corrected chi connectivity index (χ2v) is 8.67. The number of carbonyl (C=O) groups excluding carboxylic acids is 3. The summed E-state index contributed by atoms with van der Waals surface area (Å²) in [4.78, 5) is 39.1. The third-order valence-corrected chi connectivity index (χ3v) is 6.44. The first-order valence-electron chi connectivity index (χ1n) is 11.0. The molecule has 12 heteroatoms. The van der Waals surface area contributed by atoms with Crippen LogP contribution in [0.1, 0.15) is 63.4 Å². The van der Waals surface area contributed by atoms with Gasteiger partial charge in [0.15, 0.2) is 0 Å². The Kier molecular flexibility index (Phi) is 6.32. The SMILES string of the molecule is Cc1c(C(=O)Nc2ccc(F)c(C(F)F)c2)c2n(c1C(=O)C(=O)NC1(/C(N)=C/NN)CC1)CCC2. The summed E-state index contributed by atoms with van der Waals surface area (Å²) in [5, 5.41) is 5.17. The molecule has 0 bridgehead atoms. The minimum absolute atomic E-state index is 0.0129. The molecule has 0 spiro atoms. The number of hydrazine groups is 1. The van der Waals surface area contributed by atoms with Crippen LogP contribution < -0.4 is 27.6 Å². The lowest BCUT2D eigenvalue weighted by Gasteiger charge is -2.18. The zero-order chi connectivity index (χ0) is 25.5. The van der Waals surface area contributed by atoms with Crippen molar-refractivity contribution in [2.75, 3.05) is 5.32 Å². The van der Waals surface area contributed by atoms with Crippen molar-refractivity contribution in [2.24, 2.45) is 11.6 Å². The van der Waals surface area contributed by atoms with E-state index in [-0.39, 0.29) is 16.9 Å². The van der Waals surface area contributed by atoms with Gasteiger partial charge in [-0.15, -0.1) is 0 Å². The Morgan fingerprint density at radius 2 is 1.94 bits per heavy atom. The van der Waals surface area contributed by atoms with Crippen molar-refractivity contribution in [3.63, 3.8) is 0 Å². The number of ketones is 1. The Bertz CT molecular complexity index is 1250. The van der Waals surface area contributed by atoms with E-state index >= 15 is 0 Å². The largest absolute Gasteiger partial charge is 0.399 e. The number of hydrogen-bond acceptors (Lipinski definition) is 6. The van der Waals surface area contributed by atoms with Crippen molar-refractivity contribution in [2.45, 2.75) is 51.1 Å². The van der Waals surface area contributed by atoms with Crippen LogP contribution in [0.25, 0.3) is 0 Å². The summed E-state index contributed by atoms with van der Waals surface area (Å²) in [5.41, 5.74) is 8.00. The van der Waals surface area contributed by atoms with Crippen LogP contribution in [0.4, 0.5) is 18.9 Å². The molecular formula is C23H25F3N6O3. The topological polar surface area (TPSA) is 144 Å². The van der Waals surface area contributed by atoms with E-state index < -0.39 is 40.9 Å². The minimum atomic E-state index is -3.05. The first-order chi connectivity index (χ1) is 16.6. The van der Waals surface area contributed by atoms with Gasteiger partial charge in [0.25, 0.3) is 24.0 Å². The van der Waals surface area contributed by atoms with E-state index in [0.29, 0.717) is 49.2 Å². The Balaban J connectivity index is 1.61. The van der Waals surface area contributed by atoms with E-state index in [0.717, 1.165) is 12.1 Å². The number of halogens is 3. The zero-order valence-electron chi connectivity index (χ0n) is 18.9. The standard InChI is InChI=1S/C23H25F3N6O3/c1-11-17(21(34)30-12-4-5-14(24)13(9-12)20(25)26)15-3-2-8-32(15)18(11)19(33)22(35)31-23(6-7-23)16(27)10-29-28/h4-5,9-10,20,29H,2-3,6-8,27-28H2,1H3,(H,30,34)(H,31,35)/b16-10-. The average molecular weight is 490 g/mol. The van der Waals surface area contributed by atoms with Gasteiger partial charge in [-0.1, -0.05) is 0 Å². The molecule has 1 aliphatic carbocycles. The number of nitrogens with zero attached hydrogens (tertiary/aromatic N) is 1. The van der Waals surface area contributed by atoms with Gasteiger partial charge in [-0.2, -0.15) is 0 Å². The van der Waals surface area contributed by atoms with Crippen LogP contribution in [-0.2, 0) is 17.8 Å². The highest BCUT2D eigenvalue weighted by Gasteiger charge is 2.48. The number of hydrogen-bond donors (Lipinski definition) is 5. The van der Waals surface area contributed by atoms with E-state index in [4.69, 9.17) is 11.6 Å². The van der Waals surface area contributed by atoms with E-state index in [1.54, 1.807) is 11.5 Å². The number of alkyl halides is 2. The van der Waals surface area contributed by atoms with Gasteiger partial charge in [-0.25, -0.2) is 13.2 Å². The number of nitrogens with two attached hydrogens (primary N) is 2. The fourth-order valence-corrected chi connectivity index (χ4v) is 4.52. The molecule has 0 saturated heterocycles. The van der Waals surface area contributed by atoms with Gasteiger partial charge < -0.3 is 26.4 Å². The lowest BCUT2D eigenvalue weighted by atomic mass is 10.0. The second kappa shape index (κ2) is 9.10. The first-order valence-corrected chi connectivity index (χ1v) is 11.0. The number of Topliss-reactive ketones (excluding diaryl/α,β-unsaturated/α-hetero) is 1. The predicted molar refractivity (Wildman–Crippen MR) is 121 cm³/mol. The maximum absolute atomic E-state index is 13.6. The molecule has 7 N–H and O–H groups in total. The molecule has 1 aromatic heterocycles. The van der Waals surface area contributed by atoms with E-state index in [2.05, 4.69) is 16.1 Å². The minimum Gasteiger partial charge on any atom is -0.399 e. The summed E-state index contributed by atoms with van der Waals surface area (Å²) in [6.45, 7) is 1.99. The fourth-order valence-electron chi connectivity index (χ4n) is 4.52. The number of anilines is 1. The third-order valence-electron chi connectivity index (χ3n) is 6.44. The fraction of sp³-hybridized carbons (Fsp3) is 0.348. The Morgan fingerprint density at radius 3 is 2.57 bits per heavy atom. The third kappa shape index (κ3) is 4.36. The lowest BCUT2D eigenvalue weighted by molar-refractivity contribution is -0.117. The molecule has 9 nitrogen and oxygen atoms in total. The van der Waals surface area contributed by atoms with Crippen molar-refractivity contribution in [1.82, 2.24) is 15.3 Å². The van der Waals surface area contributed by atoms with Crippen LogP contribution in [0.5, 0.6) is 0 Å². The molecule has 2 heterocycles. The van der Waals surface area contributed by atoms with Crippen molar-refractivity contribution in [3.05, 3.63) is 64.0 Å². The van der Waals surface area contributed by atoms with Crippen molar-refractivity contribution >= 4 is 23.3 Å². The summed E-state index contributed by atoms with van der Waals surface area (Å²) in [5.74, 6) is 1.86. The Labute approximate surface area is 198 Å². The van der Waals surface area contributed by atoms with Crippen LogP contribution >= 0.6 is 0 Å². The van der Waals surface area contributed by atoms with Crippen molar-refractivity contribution < 1.29 is 27.6 Å². The highest BCUT2D eigenvalue weighted by atomic mass is 19.3. The van der Waals surface area contributed by atoms with E-state index in [1.165, 1.54) is 12.3 Å². The van der Waals surface area contributed by atoms with Gasteiger partial charge in [0.2, 0.25) is 0 Å². The summed E-state index contributed by atoms with van der Waals surface area (Å²) < 4.78 is 41.3. The van der Waals surface area contributed by atoms with Crippen LogP contribution in [0.15, 0.2) is 30.1 Å². The zero-order valence-corrected chi connectivity index (χ0v) is 18.9. The number of aromatic nitrogens is 1. The summed E-state index contributed by atoms with van der Waals surface area (Å²) >= 11 is 0. The van der Waals surface area contributed by atoms with Crippen LogP contribution in [-0.4, -0.2) is 27.7 Å². The number of rotatable bonds is 8. The van der Waals surface area contributed by atoms with Crippen molar-refractivity contribution in [1.29, 1.82) is 0 Å². The lowest BCUT2D eigenvalue weighted by Crippen LogP contribution is -2.45. The molecule has 1 aromatic carbocycles. The molecule has 0 atom stereocenters. The number of carbonyl (C=O) groups is 3. The molecule has 0 unspecified atom stereocenters. The molecule has 2 aromatic rings. The predicted octanol–water partition coefficient (Wildman–Crippen LogP) is 2.17. The first kappa shape index (κ1) is 24.3. The monoisotopic (exact) mass is 490 g/mol. The molecular weight excluding hydrogens is 465 g/mol. The van der Waals surface area contributed by atoms with E-state index in [1.807, 2.05) is 0 Å². The maximum atomic E-state index is 13.6. The quantitative estimate of drug-likeness (QED) is 0.166. The average Bonchev–Trinajstić information content (AvgIpc) is 3.34. The smallest absolute Gasteiger partial charge is 0.294 e. The molecule has 1 fully saturated rings. The molecule has 1 aliphatic heterocycles. The Hall–Kier alpha value is -3.80. The number of fused-ring (bicyclic) bond motifs is 1. The summed E-state index contributed by atoms with van der Waals surface area (Å²) in [6, 6.07) is 2.89. The van der Waals surface area contributed by atoms with E-state index in [9.17, 15) is 27.6 Å². The Morgan fingerprint density at radius 1 is 1.23 bits per heavy atom. The summed E-state index contributed by atoms with van der Waals surface area (Å²) in [6.07, 6.45) is 0.544. The van der Waals surface area contributed by atoms with Crippen LogP contribution in [0.2, 0.25) is 0 Å². The molecule has 1 saturated carbocycles. The molecule has 0 radical (unpaired) electrons. The molecule has 2 aliphatic rings. The molecule has 35 heavy (non-hydrogen) atoms. The number of nitrogens with one attached hydrogen (secondary N) is 3. The van der Waals surface area contributed by atoms with Crippen molar-refractivity contribution in [3.8, 4) is 0 Å². The summed E-state index contributed by atoms with van der Waals surface area (Å²) in [7, 11) is 0. The molecule has 186 valence electrons. The van der Waals surface area contributed by atoms with Gasteiger partial charge in [0.1, 0.15) is 5.82 Å². The highest BCUT2D eigenvalue weighted by molar-refractivity contribution is 6.43. The number of amides is 2. The molecule has 2 amide bonds. The van der Waals surface area contributed by atoms with Gasteiger partial charge in [-0.05, 0) is 56.4 Å². The highest BCUT2D eigenvalue weighted by Crippen LogP contribution is 2.40. The van der Waals surface area contributed by atoms with Gasteiger partial charge in [0.05, 0.1) is 28.1 Å². The molecule has 4 rings (SSSR count). The second-order valence-electron chi connectivity index (χ2n) is 8.67.